The van der Waals surface area contributed by atoms with Crippen LogP contribution in [0.5, 0.6) is 11.5 Å². The van der Waals surface area contributed by atoms with Crippen LogP contribution in [0.15, 0.2) is 18.2 Å². The molecular weight excluding hydrogens is 291 g/mol. The van der Waals surface area contributed by atoms with Crippen LogP contribution in [0.4, 0.5) is 13.2 Å². The van der Waals surface area contributed by atoms with Crippen molar-refractivity contribution < 1.29 is 32.5 Å². The summed E-state index contributed by atoms with van der Waals surface area (Å²) in [6, 6.07) is 4.75. The van der Waals surface area contributed by atoms with Crippen molar-refractivity contribution in [2.45, 2.75) is 18.7 Å². The van der Waals surface area contributed by atoms with Gasteiger partial charge in [0.05, 0.1) is 27.2 Å². The van der Waals surface area contributed by atoms with E-state index in [1.54, 1.807) is 18.2 Å². The average Bonchev–Trinajstić information content (AvgIpc) is 2.44. The van der Waals surface area contributed by atoms with Crippen molar-refractivity contribution in [3.63, 3.8) is 0 Å². The first kappa shape index (κ1) is 17.1. The fraction of sp³-hybridized carbons (Fsp3) is 0.462. The number of nitrogens with one attached hydrogen (secondary N) is 1. The molecule has 0 heterocycles. The zero-order valence-corrected chi connectivity index (χ0v) is 11.5. The molecule has 0 saturated carbocycles. The topological polar surface area (TPSA) is 67.8 Å². The monoisotopic (exact) mass is 307 g/mol. The number of methoxy groups -OCH3 is 2. The molecule has 0 aliphatic heterocycles. The normalized spacial score (nSPS) is 12.7. The molecule has 1 rings (SSSR count). The average molecular weight is 307 g/mol. The minimum absolute atomic E-state index is 0.169. The Kier molecular flexibility index (Phi) is 5.83. The number of hydrogen-bond acceptors (Lipinski definition) is 4. The molecule has 0 spiro atoms. The summed E-state index contributed by atoms with van der Waals surface area (Å²) >= 11 is 0. The molecule has 1 aromatic rings. The molecule has 5 nitrogen and oxygen atoms in total. The minimum atomic E-state index is -4.76. The van der Waals surface area contributed by atoms with Gasteiger partial charge in [0.15, 0.2) is 6.10 Å². The molecule has 8 heteroatoms. The van der Waals surface area contributed by atoms with Gasteiger partial charge in [0.25, 0.3) is 0 Å². The first-order chi connectivity index (χ1) is 9.77. The van der Waals surface area contributed by atoms with Crippen molar-refractivity contribution in [3.05, 3.63) is 23.8 Å². The third-order valence-electron chi connectivity index (χ3n) is 2.72. The fourth-order valence-electron chi connectivity index (χ4n) is 1.56. The summed E-state index contributed by atoms with van der Waals surface area (Å²) in [6.07, 6.45) is -7.51. The van der Waals surface area contributed by atoms with Crippen LogP contribution in [-0.2, 0) is 11.2 Å². The van der Waals surface area contributed by atoms with Crippen LogP contribution < -0.4 is 14.8 Å². The predicted molar refractivity (Wildman–Crippen MR) is 68.3 cm³/mol. The summed E-state index contributed by atoms with van der Waals surface area (Å²) in [7, 11) is 2.88. The number of rotatable bonds is 6. The summed E-state index contributed by atoms with van der Waals surface area (Å²) in [4.78, 5) is 11.6. The highest BCUT2D eigenvalue weighted by atomic mass is 19.4. The van der Waals surface area contributed by atoms with Crippen LogP contribution in [0.1, 0.15) is 5.56 Å². The first-order valence-electron chi connectivity index (χ1n) is 6.00. The third kappa shape index (κ3) is 5.14. The standard InChI is InChI=1S/C13H16F3NO4/c1-20-9-4-3-8(10(6-9)21-2)5-12(19)17-7-11(18)13(14,15)16/h3-4,6,11,18H,5,7H2,1-2H3,(H,17,19). The first-order valence-corrected chi connectivity index (χ1v) is 6.00. The van der Waals surface area contributed by atoms with E-state index in [1.807, 2.05) is 5.32 Å². The van der Waals surface area contributed by atoms with Crippen molar-refractivity contribution in [3.8, 4) is 11.5 Å². The smallest absolute Gasteiger partial charge is 0.416 e. The van der Waals surface area contributed by atoms with Crippen LogP contribution in [0.2, 0.25) is 0 Å². The number of carbonyl (C=O) groups is 1. The van der Waals surface area contributed by atoms with Crippen molar-refractivity contribution >= 4 is 5.91 Å². The highest BCUT2D eigenvalue weighted by molar-refractivity contribution is 5.79. The SMILES string of the molecule is COc1ccc(CC(=O)NCC(O)C(F)(F)F)c(OC)c1. The lowest BCUT2D eigenvalue weighted by Crippen LogP contribution is -2.41. The Balaban J connectivity index is 2.63. The number of halogens is 3. The van der Waals surface area contributed by atoms with E-state index in [4.69, 9.17) is 14.6 Å². The molecule has 0 bridgehead atoms. The second kappa shape index (κ2) is 7.16. The second-order valence-electron chi connectivity index (χ2n) is 4.22. The molecular formula is C13H16F3NO4. The van der Waals surface area contributed by atoms with Gasteiger partial charge in [-0.25, -0.2) is 0 Å². The second-order valence-corrected chi connectivity index (χ2v) is 4.22. The molecule has 0 saturated heterocycles. The van der Waals surface area contributed by atoms with E-state index in [2.05, 4.69) is 0 Å². The van der Waals surface area contributed by atoms with Crippen LogP contribution in [0.25, 0.3) is 0 Å². The summed E-state index contributed by atoms with van der Waals surface area (Å²) in [6.45, 7) is -0.888. The lowest BCUT2D eigenvalue weighted by atomic mass is 10.1. The van der Waals surface area contributed by atoms with E-state index in [-0.39, 0.29) is 6.42 Å². The Morgan fingerprint density at radius 1 is 1.33 bits per heavy atom. The van der Waals surface area contributed by atoms with Gasteiger partial charge in [0, 0.05) is 11.6 Å². The Labute approximate surface area is 119 Å². The summed E-state index contributed by atoms with van der Waals surface area (Å²) in [5.41, 5.74) is 0.497. The maximum absolute atomic E-state index is 12.1. The van der Waals surface area contributed by atoms with Crippen molar-refractivity contribution in [1.82, 2.24) is 5.32 Å². The number of ether oxygens (including phenoxy) is 2. The van der Waals surface area contributed by atoms with Crippen molar-refractivity contribution in [2.75, 3.05) is 20.8 Å². The van der Waals surface area contributed by atoms with Gasteiger partial charge >= 0.3 is 6.18 Å². The molecule has 0 aromatic heterocycles. The molecule has 2 N–H and O–H groups in total. The van der Waals surface area contributed by atoms with Crippen molar-refractivity contribution in [2.24, 2.45) is 0 Å². The highest BCUT2D eigenvalue weighted by Gasteiger charge is 2.38. The molecule has 0 radical (unpaired) electrons. The van der Waals surface area contributed by atoms with E-state index in [0.717, 1.165) is 0 Å². The zero-order valence-electron chi connectivity index (χ0n) is 11.5. The number of benzene rings is 1. The van der Waals surface area contributed by atoms with Gasteiger partial charge in [-0.2, -0.15) is 13.2 Å². The minimum Gasteiger partial charge on any atom is -0.497 e. The van der Waals surface area contributed by atoms with Gasteiger partial charge in [-0.3, -0.25) is 4.79 Å². The van der Waals surface area contributed by atoms with Gasteiger partial charge in [0.2, 0.25) is 5.91 Å². The molecule has 1 amide bonds. The lowest BCUT2D eigenvalue weighted by Gasteiger charge is -2.15. The van der Waals surface area contributed by atoms with E-state index < -0.39 is 24.7 Å². The summed E-state index contributed by atoms with van der Waals surface area (Å²) in [5.74, 6) is 0.270. The van der Waals surface area contributed by atoms with Gasteiger partial charge < -0.3 is 19.9 Å². The van der Waals surface area contributed by atoms with E-state index in [1.165, 1.54) is 14.2 Å². The van der Waals surface area contributed by atoms with Gasteiger partial charge in [-0.1, -0.05) is 6.07 Å². The Morgan fingerprint density at radius 3 is 2.52 bits per heavy atom. The molecule has 1 unspecified atom stereocenters. The van der Waals surface area contributed by atoms with Gasteiger partial charge in [0.1, 0.15) is 11.5 Å². The van der Waals surface area contributed by atoms with E-state index >= 15 is 0 Å². The number of carbonyl (C=O) groups excluding carboxylic acids is 1. The number of hydrogen-bond donors (Lipinski definition) is 2. The zero-order chi connectivity index (χ0) is 16.0. The molecule has 1 aromatic carbocycles. The van der Waals surface area contributed by atoms with E-state index in [0.29, 0.717) is 17.1 Å². The highest BCUT2D eigenvalue weighted by Crippen LogP contribution is 2.25. The lowest BCUT2D eigenvalue weighted by molar-refractivity contribution is -0.201. The van der Waals surface area contributed by atoms with Crippen LogP contribution in [-0.4, -0.2) is 44.1 Å². The van der Waals surface area contributed by atoms with Crippen molar-refractivity contribution in [1.29, 1.82) is 0 Å². The maximum Gasteiger partial charge on any atom is 0.416 e. The Bertz CT molecular complexity index is 491. The Morgan fingerprint density at radius 2 is 2.00 bits per heavy atom. The summed E-state index contributed by atoms with van der Waals surface area (Å²) in [5, 5.41) is 10.8. The van der Waals surface area contributed by atoms with Gasteiger partial charge in [-0.15, -0.1) is 0 Å². The molecule has 0 fully saturated rings. The van der Waals surface area contributed by atoms with Crippen LogP contribution in [0, 0.1) is 0 Å². The fourth-order valence-corrected chi connectivity index (χ4v) is 1.56. The van der Waals surface area contributed by atoms with Gasteiger partial charge in [-0.05, 0) is 6.07 Å². The molecule has 21 heavy (non-hydrogen) atoms. The third-order valence-corrected chi connectivity index (χ3v) is 2.72. The predicted octanol–water partition coefficient (Wildman–Crippen LogP) is 1.29. The number of aliphatic hydroxyl groups excluding tert-OH is 1. The van der Waals surface area contributed by atoms with Crippen LogP contribution >= 0.6 is 0 Å². The largest absolute Gasteiger partial charge is 0.497 e. The number of alkyl halides is 3. The summed E-state index contributed by atoms with van der Waals surface area (Å²) < 4.78 is 46.4. The molecule has 0 aliphatic carbocycles. The quantitative estimate of drug-likeness (QED) is 0.831. The number of amides is 1. The molecule has 118 valence electrons. The Hall–Kier alpha value is -1.96. The molecule has 1 atom stereocenters. The molecule has 0 aliphatic rings. The number of aliphatic hydroxyl groups is 1. The van der Waals surface area contributed by atoms with Crippen LogP contribution in [0.3, 0.4) is 0 Å². The maximum atomic E-state index is 12.1. The van der Waals surface area contributed by atoms with E-state index in [9.17, 15) is 18.0 Å².